The molecule has 0 unspecified atom stereocenters. The lowest BCUT2D eigenvalue weighted by atomic mass is 9.82. The first kappa shape index (κ1) is 8.75. The molecule has 0 atom stereocenters. The van der Waals surface area contributed by atoms with Crippen LogP contribution in [0, 0.1) is 0 Å². The minimum Gasteiger partial charge on any atom is -0.444 e. The van der Waals surface area contributed by atoms with Crippen LogP contribution < -0.4 is 5.73 Å². The van der Waals surface area contributed by atoms with Gasteiger partial charge in [-0.15, -0.1) is 0 Å². The molecule has 0 aliphatic heterocycles. The van der Waals surface area contributed by atoms with E-state index in [2.05, 4.69) is 11.9 Å². The van der Waals surface area contributed by atoms with Gasteiger partial charge < -0.3 is 10.2 Å². The first-order chi connectivity index (χ1) is 6.35. The summed E-state index contributed by atoms with van der Waals surface area (Å²) in [6.45, 7) is 2.52. The average Bonchev–Trinajstić information content (AvgIpc) is 2.45. The predicted molar refractivity (Wildman–Crippen MR) is 50.4 cm³/mol. The Morgan fingerprint density at radius 1 is 1.54 bits per heavy atom. The third-order valence-electron chi connectivity index (χ3n) is 2.76. The summed E-state index contributed by atoms with van der Waals surface area (Å²) in [5.41, 5.74) is 6.67. The van der Waals surface area contributed by atoms with Crippen molar-refractivity contribution in [2.24, 2.45) is 5.73 Å². The normalized spacial score (nSPS) is 17.4. The number of nitrogens with two attached hydrogens (primary N) is 1. The van der Waals surface area contributed by atoms with E-state index in [4.69, 9.17) is 10.2 Å². The van der Waals surface area contributed by atoms with E-state index < -0.39 is 0 Å². The van der Waals surface area contributed by atoms with Crippen molar-refractivity contribution in [3.05, 3.63) is 17.3 Å². The summed E-state index contributed by atoms with van der Waals surface area (Å²) in [6.07, 6.45) is 4.80. The Hall–Kier alpha value is -0.830. The van der Waals surface area contributed by atoms with Gasteiger partial charge in [-0.25, -0.2) is 4.98 Å². The molecule has 1 aliphatic rings. The van der Waals surface area contributed by atoms with Gasteiger partial charge in [-0.1, -0.05) is 13.3 Å². The Balaban J connectivity index is 2.25. The summed E-state index contributed by atoms with van der Waals surface area (Å²) in [5.74, 6) is 2.39. The predicted octanol–water partition coefficient (Wildman–Crippen LogP) is 1.96. The van der Waals surface area contributed by atoms with Gasteiger partial charge in [0.15, 0.2) is 0 Å². The zero-order valence-corrected chi connectivity index (χ0v) is 8.05. The second-order valence-corrected chi connectivity index (χ2v) is 3.60. The number of rotatable bonds is 3. The first-order valence-electron chi connectivity index (χ1n) is 5.03. The van der Waals surface area contributed by atoms with Crippen LogP contribution in [0.1, 0.15) is 49.4 Å². The second kappa shape index (κ2) is 3.50. The number of nitrogens with zero attached hydrogens (tertiary/aromatic N) is 1. The Labute approximate surface area is 78.3 Å². The van der Waals surface area contributed by atoms with Crippen molar-refractivity contribution in [2.75, 3.05) is 0 Å². The third kappa shape index (κ3) is 1.48. The molecule has 3 nitrogen and oxygen atoms in total. The van der Waals surface area contributed by atoms with Crippen LogP contribution in [0.3, 0.4) is 0 Å². The molecule has 1 fully saturated rings. The van der Waals surface area contributed by atoms with Crippen LogP contribution in [-0.4, -0.2) is 4.98 Å². The molecule has 0 saturated heterocycles. The largest absolute Gasteiger partial charge is 0.444 e. The summed E-state index contributed by atoms with van der Waals surface area (Å²) in [4.78, 5) is 4.43. The Kier molecular flexibility index (Phi) is 2.36. The van der Waals surface area contributed by atoms with Crippen LogP contribution in [0.2, 0.25) is 0 Å². The van der Waals surface area contributed by atoms with Crippen molar-refractivity contribution in [3.63, 3.8) is 0 Å². The highest BCUT2D eigenvalue weighted by molar-refractivity contribution is 5.17. The zero-order valence-electron chi connectivity index (χ0n) is 8.05. The van der Waals surface area contributed by atoms with Crippen molar-refractivity contribution >= 4 is 0 Å². The maximum atomic E-state index is 5.53. The molecule has 0 amide bonds. The number of aromatic nitrogens is 1. The standard InChI is InChI=1S/C10H16N2O/c1-2-8-10(7-4-3-5-7)12-9(6-11)13-8/h7H,2-6,11H2,1H3. The van der Waals surface area contributed by atoms with E-state index in [1.54, 1.807) is 0 Å². The number of hydrogen-bond donors (Lipinski definition) is 1. The highest BCUT2D eigenvalue weighted by Crippen LogP contribution is 2.37. The van der Waals surface area contributed by atoms with Gasteiger partial charge in [0.1, 0.15) is 5.76 Å². The number of oxazole rings is 1. The van der Waals surface area contributed by atoms with Gasteiger partial charge in [0, 0.05) is 12.3 Å². The van der Waals surface area contributed by atoms with Gasteiger partial charge in [-0.2, -0.15) is 0 Å². The fourth-order valence-electron chi connectivity index (χ4n) is 1.76. The van der Waals surface area contributed by atoms with Crippen molar-refractivity contribution in [2.45, 2.75) is 45.1 Å². The van der Waals surface area contributed by atoms with E-state index in [-0.39, 0.29) is 0 Å². The molecule has 1 aromatic heterocycles. The van der Waals surface area contributed by atoms with Crippen LogP contribution >= 0.6 is 0 Å². The van der Waals surface area contributed by atoms with Gasteiger partial charge in [0.25, 0.3) is 0 Å². The fourth-order valence-corrected chi connectivity index (χ4v) is 1.76. The highest BCUT2D eigenvalue weighted by Gasteiger charge is 2.25. The Bertz CT molecular complexity index is 289. The fraction of sp³-hybridized carbons (Fsp3) is 0.700. The maximum absolute atomic E-state index is 5.53. The zero-order chi connectivity index (χ0) is 9.26. The van der Waals surface area contributed by atoms with E-state index in [1.165, 1.54) is 25.0 Å². The minimum atomic E-state index is 0.416. The average molecular weight is 180 g/mol. The summed E-state index contributed by atoms with van der Waals surface area (Å²) >= 11 is 0. The van der Waals surface area contributed by atoms with Gasteiger partial charge in [-0.05, 0) is 12.8 Å². The number of aryl methyl sites for hydroxylation is 1. The second-order valence-electron chi connectivity index (χ2n) is 3.60. The van der Waals surface area contributed by atoms with Crippen molar-refractivity contribution in [3.8, 4) is 0 Å². The molecule has 0 spiro atoms. The van der Waals surface area contributed by atoms with Gasteiger partial charge in [0.05, 0.1) is 12.2 Å². The molecule has 1 aliphatic carbocycles. The monoisotopic (exact) mass is 180 g/mol. The molecule has 1 saturated carbocycles. The summed E-state index contributed by atoms with van der Waals surface area (Å²) < 4.78 is 5.53. The molecular weight excluding hydrogens is 164 g/mol. The van der Waals surface area contributed by atoms with E-state index in [0.717, 1.165) is 12.2 Å². The van der Waals surface area contributed by atoms with Crippen LogP contribution in [0.15, 0.2) is 4.42 Å². The Morgan fingerprint density at radius 2 is 2.31 bits per heavy atom. The SMILES string of the molecule is CCc1oc(CN)nc1C1CCC1. The molecule has 3 heteroatoms. The van der Waals surface area contributed by atoms with Crippen LogP contribution in [0.25, 0.3) is 0 Å². The molecular formula is C10H16N2O. The smallest absolute Gasteiger partial charge is 0.208 e. The van der Waals surface area contributed by atoms with Crippen LogP contribution in [0.5, 0.6) is 0 Å². The molecule has 1 aromatic rings. The summed E-state index contributed by atoms with van der Waals surface area (Å²) in [5, 5.41) is 0. The summed E-state index contributed by atoms with van der Waals surface area (Å²) in [7, 11) is 0. The van der Waals surface area contributed by atoms with Crippen molar-refractivity contribution in [1.82, 2.24) is 4.98 Å². The lowest BCUT2D eigenvalue weighted by Gasteiger charge is -2.23. The van der Waals surface area contributed by atoms with Crippen molar-refractivity contribution < 1.29 is 4.42 Å². The molecule has 0 radical (unpaired) electrons. The van der Waals surface area contributed by atoms with Crippen LogP contribution in [0.4, 0.5) is 0 Å². The van der Waals surface area contributed by atoms with E-state index in [9.17, 15) is 0 Å². The van der Waals surface area contributed by atoms with Crippen molar-refractivity contribution in [1.29, 1.82) is 0 Å². The molecule has 0 bridgehead atoms. The third-order valence-corrected chi connectivity index (χ3v) is 2.76. The van der Waals surface area contributed by atoms with Crippen LogP contribution in [-0.2, 0) is 13.0 Å². The molecule has 2 rings (SSSR count). The molecule has 0 aromatic carbocycles. The van der Waals surface area contributed by atoms with E-state index in [0.29, 0.717) is 18.4 Å². The van der Waals surface area contributed by atoms with Gasteiger partial charge in [-0.3, -0.25) is 0 Å². The first-order valence-corrected chi connectivity index (χ1v) is 5.03. The minimum absolute atomic E-state index is 0.416. The Morgan fingerprint density at radius 3 is 2.77 bits per heavy atom. The molecule has 1 heterocycles. The lowest BCUT2D eigenvalue weighted by Crippen LogP contribution is -2.11. The topological polar surface area (TPSA) is 52.0 Å². The molecule has 13 heavy (non-hydrogen) atoms. The molecule has 72 valence electrons. The molecule has 2 N–H and O–H groups in total. The van der Waals surface area contributed by atoms with Gasteiger partial charge in [0.2, 0.25) is 5.89 Å². The number of hydrogen-bond acceptors (Lipinski definition) is 3. The van der Waals surface area contributed by atoms with Gasteiger partial charge >= 0.3 is 0 Å². The highest BCUT2D eigenvalue weighted by atomic mass is 16.4. The summed E-state index contributed by atoms with van der Waals surface area (Å²) in [6, 6.07) is 0. The quantitative estimate of drug-likeness (QED) is 0.773. The van der Waals surface area contributed by atoms with E-state index >= 15 is 0 Å². The van der Waals surface area contributed by atoms with E-state index in [1.807, 2.05) is 0 Å². The maximum Gasteiger partial charge on any atom is 0.208 e. The lowest BCUT2D eigenvalue weighted by molar-refractivity contribution is 0.401.